The first-order valence-corrected chi connectivity index (χ1v) is 7.88. The fourth-order valence-electron chi connectivity index (χ4n) is 2.67. The van der Waals surface area contributed by atoms with E-state index in [0.717, 1.165) is 19.3 Å². The standard InChI is InChI=1S/C16H20Cl2O2/c1-2-13-11-14(19)16(17,18)15(13)20-10-6-9-12-7-4-3-5-8-12/h3-5,7-8,13,15H,2,6,9-11H2,1H3/t13-,15+/m1/s1. The molecule has 1 aliphatic carbocycles. The van der Waals surface area contributed by atoms with Crippen molar-refractivity contribution in [3.8, 4) is 0 Å². The highest BCUT2D eigenvalue weighted by molar-refractivity contribution is 6.59. The average Bonchev–Trinajstić information content (AvgIpc) is 2.67. The second-order valence-electron chi connectivity index (χ2n) is 5.30. The minimum absolute atomic E-state index is 0.110. The summed E-state index contributed by atoms with van der Waals surface area (Å²) in [7, 11) is 0. The third kappa shape index (κ3) is 3.55. The van der Waals surface area contributed by atoms with Crippen LogP contribution in [0.2, 0.25) is 0 Å². The first kappa shape index (κ1) is 15.8. The number of carbonyl (C=O) groups excluding carboxylic acids is 1. The smallest absolute Gasteiger partial charge is 0.201 e. The molecule has 0 radical (unpaired) electrons. The van der Waals surface area contributed by atoms with Crippen LogP contribution in [0.15, 0.2) is 30.3 Å². The highest BCUT2D eigenvalue weighted by atomic mass is 35.5. The number of ketones is 1. The molecule has 110 valence electrons. The van der Waals surface area contributed by atoms with E-state index < -0.39 is 4.33 Å². The topological polar surface area (TPSA) is 26.3 Å². The quantitative estimate of drug-likeness (QED) is 0.581. The Kier molecular flexibility index (Phi) is 5.48. The number of halogens is 2. The predicted octanol–water partition coefficient (Wildman–Crippen LogP) is 4.18. The van der Waals surface area contributed by atoms with Crippen LogP contribution in [0, 0.1) is 5.92 Å². The molecule has 2 atom stereocenters. The third-order valence-corrected chi connectivity index (χ3v) is 4.73. The van der Waals surface area contributed by atoms with Gasteiger partial charge in [0, 0.05) is 13.0 Å². The van der Waals surface area contributed by atoms with Gasteiger partial charge in [-0.15, -0.1) is 0 Å². The highest BCUT2D eigenvalue weighted by Crippen LogP contribution is 2.43. The van der Waals surface area contributed by atoms with Gasteiger partial charge in [0.1, 0.15) is 6.10 Å². The lowest BCUT2D eigenvalue weighted by Crippen LogP contribution is -2.36. The summed E-state index contributed by atoms with van der Waals surface area (Å²) < 4.78 is 4.46. The van der Waals surface area contributed by atoms with Crippen LogP contribution in [0.1, 0.15) is 31.7 Å². The van der Waals surface area contributed by atoms with E-state index in [2.05, 4.69) is 12.1 Å². The normalized spacial score (nSPS) is 25.1. The SMILES string of the molecule is CC[C@@H]1CC(=O)C(Cl)(Cl)[C@H]1OCCCc1ccccc1. The number of hydrogen-bond donors (Lipinski definition) is 0. The number of alkyl halides is 2. The summed E-state index contributed by atoms with van der Waals surface area (Å²) >= 11 is 12.3. The first-order chi connectivity index (χ1) is 9.55. The van der Waals surface area contributed by atoms with Crippen molar-refractivity contribution in [1.82, 2.24) is 0 Å². The Labute approximate surface area is 130 Å². The van der Waals surface area contributed by atoms with E-state index >= 15 is 0 Å². The van der Waals surface area contributed by atoms with Gasteiger partial charge in [-0.1, -0.05) is 66.9 Å². The molecule has 0 saturated heterocycles. The summed E-state index contributed by atoms with van der Waals surface area (Å²) in [6.07, 6.45) is 2.76. The van der Waals surface area contributed by atoms with Crippen molar-refractivity contribution < 1.29 is 9.53 Å². The monoisotopic (exact) mass is 314 g/mol. The Morgan fingerprint density at radius 2 is 2.00 bits per heavy atom. The van der Waals surface area contributed by atoms with Crippen LogP contribution >= 0.6 is 23.2 Å². The molecular weight excluding hydrogens is 295 g/mol. The zero-order chi connectivity index (χ0) is 14.6. The van der Waals surface area contributed by atoms with E-state index in [1.165, 1.54) is 5.56 Å². The Morgan fingerprint density at radius 1 is 1.30 bits per heavy atom. The molecule has 0 heterocycles. The van der Waals surface area contributed by atoms with E-state index in [1.807, 2.05) is 25.1 Å². The van der Waals surface area contributed by atoms with Gasteiger partial charge in [0.05, 0.1) is 0 Å². The zero-order valence-corrected chi connectivity index (χ0v) is 13.2. The van der Waals surface area contributed by atoms with Crippen molar-refractivity contribution in [2.75, 3.05) is 6.61 Å². The van der Waals surface area contributed by atoms with Crippen LogP contribution in [0.4, 0.5) is 0 Å². The molecule has 4 heteroatoms. The van der Waals surface area contributed by atoms with E-state index in [4.69, 9.17) is 27.9 Å². The number of ether oxygens (including phenoxy) is 1. The summed E-state index contributed by atoms with van der Waals surface area (Å²) in [5, 5.41) is 0. The van der Waals surface area contributed by atoms with Gasteiger partial charge in [-0.05, 0) is 24.3 Å². The number of benzene rings is 1. The van der Waals surface area contributed by atoms with Crippen LogP contribution in [0.25, 0.3) is 0 Å². The Hall–Kier alpha value is -0.570. The molecule has 1 aromatic rings. The third-order valence-electron chi connectivity index (χ3n) is 3.88. The minimum atomic E-state index is -1.37. The predicted molar refractivity (Wildman–Crippen MR) is 82.3 cm³/mol. The van der Waals surface area contributed by atoms with Gasteiger partial charge in [0.2, 0.25) is 4.33 Å². The van der Waals surface area contributed by atoms with Gasteiger partial charge >= 0.3 is 0 Å². The van der Waals surface area contributed by atoms with E-state index in [-0.39, 0.29) is 17.8 Å². The molecule has 0 unspecified atom stereocenters. The van der Waals surface area contributed by atoms with Crippen molar-refractivity contribution in [2.24, 2.45) is 5.92 Å². The number of hydrogen-bond acceptors (Lipinski definition) is 2. The maximum Gasteiger partial charge on any atom is 0.201 e. The summed E-state index contributed by atoms with van der Waals surface area (Å²) in [5.74, 6) is 0.0231. The first-order valence-electron chi connectivity index (χ1n) is 7.12. The molecule has 0 bridgehead atoms. The lowest BCUT2D eigenvalue weighted by Gasteiger charge is -2.25. The average molecular weight is 315 g/mol. The maximum atomic E-state index is 11.8. The molecule has 0 amide bonds. The lowest BCUT2D eigenvalue weighted by atomic mass is 10.0. The fraction of sp³-hybridized carbons (Fsp3) is 0.562. The largest absolute Gasteiger partial charge is 0.374 e. The van der Waals surface area contributed by atoms with E-state index in [1.54, 1.807) is 0 Å². The van der Waals surface area contributed by atoms with Gasteiger partial charge in [-0.25, -0.2) is 0 Å². The Balaban J connectivity index is 1.82. The van der Waals surface area contributed by atoms with Crippen LogP contribution < -0.4 is 0 Å². The van der Waals surface area contributed by atoms with Gasteiger partial charge < -0.3 is 4.74 Å². The second kappa shape index (κ2) is 6.93. The summed E-state index contributed by atoms with van der Waals surface area (Å²) in [4.78, 5) is 11.8. The second-order valence-corrected chi connectivity index (χ2v) is 6.68. The number of carbonyl (C=O) groups is 1. The van der Waals surface area contributed by atoms with E-state index in [9.17, 15) is 4.79 Å². The molecule has 2 nitrogen and oxygen atoms in total. The van der Waals surface area contributed by atoms with Crippen molar-refractivity contribution in [2.45, 2.75) is 43.0 Å². The maximum absolute atomic E-state index is 11.8. The summed E-state index contributed by atoms with van der Waals surface area (Å²) in [6, 6.07) is 10.3. The van der Waals surface area contributed by atoms with E-state index in [0.29, 0.717) is 13.0 Å². The molecule has 20 heavy (non-hydrogen) atoms. The number of Topliss-reactive ketones (excluding diaryl/α,β-unsaturated/α-hetero) is 1. The number of rotatable bonds is 6. The molecule has 1 aliphatic rings. The molecule has 2 rings (SSSR count). The molecule has 1 saturated carbocycles. The molecular formula is C16H20Cl2O2. The zero-order valence-electron chi connectivity index (χ0n) is 11.6. The highest BCUT2D eigenvalue weighted by Gasteiger charge is 2.53. The summed E-state index contributed by atoms with van der Waals surface area (Å²) in [6.45, 7) is 2.61. The molecule has 0 spiro atoms. The Morgan fingerprint density at radius 3 is 2.65 bits per heavy atom. The molecule has 1 aromatic carbocycles. The van der Waals surface area contributed by atoms with Crippen molar-refractivity contribution in [3.05, 3.63) is 35.9 Å². The molecule has 0 N–H and O–H groups in total. The molecule has 0 aromatic heterocycles. The van der Waals surface area contributed by atoms with Crippen molar-refractivity contribution in [3.63, 3.8) is 0 Å². The van der Waals surface area contributed by atoms with Crippen molar-refractivity contribution in [1.29, 1.82) is 0 Å². The van der Waals surface area contributed by atoms with Gasteiger partial charge in [0.25, 0.3) is 0 Å². The van der Waals surface area contributed by atoms with Gasteiger partial charge in [-0.3, -0.25) is 4.79 Å². The van der Waals surface area contributed by atoms with Gasteiger partial charge in [-0.2, -0.15) is 0 Å². The van der Waals surface area contributed by atoms with Crippen LogP contribution in [-0.4, -0.2) is 22.8 Å². The van der Waals surface area contributed by atoms with Crippen molar-refractivity contribution >= 4 is 29.0 Å². The minimum Gasteiger partial charge on any atom is -0.374 e. The van der Waals surface area contributed by atoms with Crippen LogP contribution in [0.5, 0.6) is 0 Å². The van der Waals surface area contributed by atoms with Crippen LogP contribution in [-0.2, 0) is 16.0 Å². The van der Waals surface area contributed by atoms with Crippen LogP contribution in [0.3, 0.4) is 0 Å². The lowest BCUT2D eigenvalue weighted by molar-refractivity contribution is -0.118. The summed E-state index contributed by atoms with van der Waals surface area (Å²) in [5.41, 5.74) is 1.29. The molecule has 1 fully saturated rings. The number of aryl methyl sites for hydroxylation is 1. The van der Waals surface area contributed by atoms with Gasteiger partial charge in [0.15, 0.2) is 5.78 Å². The molecule has 0 aliphatic heterocycles. The fourth-order valence-corrected chi connectivity index (χ4v) is 3.30. The Bertz CT molecular complexity index is 445.